The fraction of sp³-hybridized carbons (Fsp3) is 0.238. The third-order valence-electron chi connectivity index (χ3n) is 3.69. The van der Waals surface area contributed by atoms with Crippen molar-refractivity contribution in [1.29, 1.82) is 0 Å². The molecule has 2 rings (SSSR count). The third-order valence-corrected chi connectivity index (χ3v) is 4.31. The lowest BCUT2D eigenvalue weighted by Gasteiger charge is -2.14. The number of ether oxygens (including phenoxy) is 1. The van der Waals surface area contributed by atoms with Gasteiger partial charge in [0.15, 0.2) is 0 Å². The van der Waals surface area contributed by atoms with Crippen molar-refractivity contribution in [2.24, 2.45) is 0 Å². The highest BCUT2D eigenvalue weighted by atomic mass is 32.2. The van der Waals surface area contributed by atoms with Crippen LogP contribution in [0.3, 0.4) is 0 Å². The van der Waals surface area contributed by atoms with Crippen molar-refractivity contribution in [3.63, 3.8) is 0 Å². The van der Waals surface area contributed by atoms with Gasteiger partial charge >= 0.3 is 0 Å². The zero-order valence-electron chi connectivity index (χ0n) is 16.0. The molecule has 0 aliphatic heterocycles. The van der Waals surface area contributed by atoms with Gasteiger partial charge in [0.05, 0.1) is 13.3 Å². The van der Waals surface area contributed by atoms with Crippen molar-refractivity contribution in [3.8, 4) is 0 Å². The Morgan fingerprint density at radius 2 is 2.07 bits per heavy atom. The summed E-state index contributed by atoms with van der Waals surface area (Å²) < 4.78 is 19.9. The largest absolute Gasteiger partial charge is 0.496 e. The van der Waals surface area contributed by atoms with Gasteiger partial charge in [-0.2, -0.15) is 11.8 Å². The van der Waals surface area contributed by atoms with E-state index in [1.807, 2.05) is 32.2 Å². The van der Waals surface area contributed by atoms with E-state index in [4.69, 9.17) is 4.74 Å². The molecule has 0 aliphatic rings. The van der Waals surface area contributed by atoms with Crippen molar-refractivity contribution in [3.05, 3.63) is 77.6 Å². The molecule has 0 radical (unpaired) electrons. The van der Waals surface area contributed by atoms with E-state index in [9.17, 15) is 4.39 Å². The predicted molar refractivity (Wildman–Crippen MR) is 112 cm³/mol. The average Bonchev–Trinajstić information content (AvgIpc) is 2.64. The van der Waals surface area contributed by atoms with Crippen LogP contribution in [-0.4, -0.2) is 23.3 Å². The summed E-state index contributed by atoms with van der Waals surface area (Å²) in [5.41, 5.74) is 2.99. The van der Waals surface area contributed by atoms with Crippen molar-refractivity contribution in [2.45, 2.75) is 19.6 Å². The maximum atomic E-state index is 14.5. The van der Waals surface area contributed by atoms with Gasteiger partial charge in [0.2, 0.25) is 0 Å². The van der Waals surface area contributed by atoms with E-state index in [2.05, 4.69) is 21.9 Å². The third kappa shape index (κ3) is 5.69. The smallest absolute Gasteiger partial charge is 0.149 e. The molecule has 0 saturated heterocycles. The van der Waals surface area contributed by atoms with Gasteiger partial charge in [0, 0.05) is 23.1 Å². The van der Waals surface area contributed by atoms with Crippen LogP contribution in [0.5, 0.6) is 0 Å². The van der Waals surface area contributed by atoms with Crippen LogP contribution in [0, 0.1) is 5.82 Å². The summed E-state index contributed by atoms with van der Waals surface area (Å²) >= 11 is 1.74. The molecule has 0 fully saturated rings. The molecule has 0 saturated carbocycles. The Bertz CT molecular complexity index is 877. The zero-order valence-corrected chi connectivity index (χ0v) is 16.9. The van der Waals surface area contributed by atoms with Crippen LogP contribution >= 0.6 is 11.8 Å². The first-order valence-corrected chi connectivity index (χ1v) is 9.82. The minimum atomic E-state index is -0.428. The Labute approximate surface area is 164 Å². The lowest BCUT2D eigenvalue weighted by molar-refractivity contribution is 0.310. The first kappa shape index (κ1) is 20.7. The van der Waals surface area contributed by atoms with Crippen LogP contribution in [-0.2, 0) is 10.5 Å². The normalized spacial score (nSPS) is 12.0. The molecular weight excluding hydrogens is 361 g/mol. The Balaban J connectivity index is 2.38. The Kier molecular flexibility index (Phi) is 7.61. The molecule has 0 amide bonds. The molecule has 27 heavy (non-hydrogen) atoms. The Hall–Kier alpha value is -2.60. The maximum Gasteiger partial charge on any atom is 0.149 e. The molecule has 142 valence electrons. The van der Waals surface area contributed by atoms with E-state index in [1.165, 1.54) is 6.20 Å². The number of hydrogen-bond acceptors (Lipinski definition) is 5. The molecule has 2 heterocycles. The minimum Gasteiger partial charge on any atom is -0.496 e. The standard InChI is InChI=1S/C21H24FN3OS/c1-6-16(19(26-4)9-14(2)3)17-11-21(24-12-18(17)22)25-20-10-15(13-27-5)7-8-23-20/h6-12H,2,13H2,1,3-5H3,(H,23,24,25)/b16-6-,19-9+. The Morgan fingerprint density at radius 3 is 2.70 bits per heavy atom. The molecule has 0 bridgehead atoms. The quantitative estimate of drug-likeness (QED) is 0.464. The number of nitrogens with zero attached hydrogens (tertiary/aromatic N) is 2. The number of hydrogen-bond donors (Lipinski definition) is 1. The van der Waals surface area contributed by atoms with Gasteiger partial charge in [0.25, 0.3) is 0 Å². The zero-order chi connectivity index (χ0) is 19.8. The summed E-state index contributed by atoms with van der Waals surface area (Å²) in [7, 11) is 1.55. The highest BCUT2D eigenvalue weighted by Gasteiger charge is 2.14. The van der Waals surface area contributed by atoms with Gasteiger partial charge in [-0.05, 0) is 49.9 Å². The monoisotopic (exact) mass is 385 g/mol. The average molecular weight is 386 g/mol. The van der Waals surface area contributed by atoms with Gasteiger partial charge in [-0.15, -0.1) is 0 Å². The number of pyridine rings is 2. The molecule has 2 aromatic heterocycles. The van der Waals surface area contributed by atoms with E-state index in [0.717, 1.165) is 16.9 Å². The van der Waals surface area contributed by atoms with Crippen LogP contribution in [0.1, 0.15) is 25.0 Å². The van der Waals surface area contributed by atoms with Gasteiger partial charge in [-0.3, -0.25) is 0 Å². The highest BCUT2D eigenvalue weighted by molar-refractivity contribution is 7.97. The van der Waals surface area contributed by atoms with Crippen molar-refractivity contribution >= 4 is 29.0 Å². The summed E-state index contributed by atoms with van der Waals surface area (Å²) in [5, 5.41) is 3.14. The molecule has 0 atom stereocenters. The SMILES string of the molecule is C=C(C)/C=C(OC)\C(=C/C)c1cc(Nc2cc(CSC)ccn2)ncc1F. The van der Waals surface area contributed by atoms with Gasteiger partial charge in [-0.1, -0.05) is 18.2 Å². The van der Waals surface area contributed by atoms with Crippen molar-refractivity contribution in [2.75, 3.05) is 18.7 Å². The van der Waals surface area contributed by atoms with Gasteiger partial charge < -0.3 is 10.1 Å². The fourth-order valence-electron chi connectivity index (χ4n) is 2.54. The summed E-state index contributed by atoms with van der Waals surface area (Å²) in [6.45, 7) is 7.55. The summed E-state index contributed by atoms with van der Waals surface area (Å²) in [5.74, 6) is 2.18. The van der Waals surface area contributed by atoms with E-state index in [0.29, 0.717) is 28.5 Å². The molecule has 0 unspecified atom stereocenters. The maximum absolute atomic E-state index is 14.5. The van der Waals surface area contributed by atoms with Crippen LogP contribution < -0.4 is 5.32 Å². The number of methoxy groups -OCH3 is 1. The van der Waals surface area contributed by atoms with E-state index >= 15 is 0 Å². The molecule has 0 aromatic carbocycles. The summed E-state index contributed by atoms with van der Waals surface area (Å²) in [6.07, 6.45) is 8.56. The topological polar surface area (TPSA) is 47.0 Å². The molecule has 1 N–H and O–H groups in total. The van der Waals surface area contributed by atoms with E-state index in [1.54, 1.807) is 43.3 Å². The lowest BCUT2D eigenvalue weighted by atomic mass is 10.0. The van der Waals surface area contributed by atoms with Gasteiger partial charge in [-0.25, -0.2) is 14.4 Å². The van der Waals surface area contributed by atoms with Gasteiger partial charge in [0.1, 0.15) is 23.2 Å². The molecule has 6 heteroatoms. The Morgan fingerprint density at radius 1 is 1.33 bits per heavy atom. The number of halogens is 1. The second-order valence-corrected chi connectivity index (χ2v) is 6.78. The van der Waals surface area contributed by atoms with E-state index < -0.39 is 5.82 Å². The first-order valence-electron chi connectivity index (χ1n) is 8.43. The molecule has 4 nitrogen and oxygen atoms in total. The molecule has 0 spiro atoms. The molecule has 0 aliphatic carbocycles. The minimum absolute atomic E-state index is 0.393. The van der Waals surface area contributed by atoms with Crippen molar-refractivity contribution in [1.82, 2.24) is 9.97 Å². The second kappa shape index (κ2) is 9.92. The number of rotatable bonds is 8. The van der Waals surface area contributed by atoms with Crippen molar-refractivity contribution < 1.29 is 9.13 Å². The number of aromatic nitrogens is 2. The molecular formula is C21H24FN3OS. The summed E-state index contributed by atoms with van der Waals surface area (Å²) in [4.78, 5) is 8.44. The lowest BCUT2D eigenvalue weighted by Crippen LogP contribution is -2.02. The van der Waals surface area contributed by atoms with Crippen LogP contribution in [0.15, 0.2) is 60.7 Å². The number of anilines is 2. The van der Waals surface area contributed by atoms with Crippen LogP contribution in [0.4, 0.5) is 16.0 Å². The number of nitrogens with one attached hydrogen (secondary N) is 1. The second-order valence-electron chi connectivity index (χ2n) is 5.92. The number of thioether (sulfide) groups is 1. The highest BCUT2D eigenvalue weighted by Crippen LogP contribution is 2.29. The fourth-order valence-corrected chi connectivity index (χ4v) is 3.06. The number of allylic oxidation sites excluding steroid dienone is 4. The molecule has 2 aromatic rings. The van der Waals surface area contributed by atoms with Crippen LogP contribution in [0.25, 0.3) is 5.57 Å². The van der Waals surface area contributed by atoms with E-state index in [-0.39, 0.29) is 0 Å². The van der Waals surface area contributed by atoms with Crippen LogP contribution in [0.2, 0.25) is 0 Å². The summed E-state index contributed by atoms with van der Waals surface area (Å²) in [6, 6.07) is 5.58. The first-order chi connectivity index (χ1) is 13.0. The predicted octanol–water partition coefficient (Wildman–Crippen LogP) is 5.73.